The van der Waals surface area contributed by atoms with Gasteiger partial charge in [0, 0.05) is 31.5 Å². The van der Waals surface area contributed by atoms with Gasteiger partial charge < -0.3 is 15.0 Å². The van der Waals surface area contributed by atoms with Gasteiger partial charge in [0.25, 0.3) is 5.91 Å². The van der Waals surface area contributed by atoms with Gasteiger partial charge in [0.05, 0.1) is 17.1 Å². The number of nitrogens with one attached hydrogen (secondary N) is 1. The molecule has 1 N–H and O–H groups in total. The maximum atomic E-state index is 13.0. The van der Waals surface area contributed by atoms with Gasteiger partial charge in [0.2, 0.25) is 5.95 Å². The van der Waals surface area contributed by atoms with Crippen molar-refractivity contribution in [2.45, 2.75) is 25.3 Å². The average Bonchev–Trinajstić information content (AvgIpc) is 2.67. The molecule has 0 unspecified atom stereocenters. The second kappa shape index (κ2) is 8.29. The zero-order valence-corrected chi connectivity index (χ0v) is 15.7. The fraction of sp³-hybridized carbons (Fsp3) is 0.389. The number of amides is 1. The number of rotatable bonds is 5. The van der Waals surface area contributed by atoms with Crippen LogP contribution in [0, 0.1) is 0 Å². The highest BCUT2D eigenvalue weighted by molar-refractivity contribution is 9.10. The molecule has 1 saturated heterocycles. The van der Waals surface area contributed by atoms with Gasteiger partial charge >= 0.3 is 0 Å². The van der Waals surface area contributed by atoms with Crippen LogP contribution in [0.3, 0.4) is 0 Å². The average molecular weight is 405 g/mol. The molecule has 1 aliphatic rings. The molecule has 1 aromatic heterocycles. The van der Waals surface area contributed by atoms with Crippen LogP contribution in [-0.4, -0.2) is 47.0 Å². The smallest absolute Gasteiger partial charge is 0.257 e. The Balaban J connectivity index is 1.71. The van der Waals surface area contributed by atoms with E-state index in [1.54, 1.807) is 19.5 Å². The van der Waals surface area contributed by atoms with Gasteiger partial charge in [-0.05, 0) is 47.3 Å². The minimum absolute atomic E-state index is 0.0145. The van der Waals surface area contributed by atoms with Crippen molar-refractivity contribution in [2.24, 2.45) is 0 Å². The fourth-order valence-corrected chi connectivity index (χ4v) is 3.27. The summed E-state index contributed by atoms with van der Waals surface area (Å²) in [4.78, 5) is 23.4. The summed E-state index contributed by atoms with van der Waals surface area (Å²) in [6, 6.07) is 7.48. The van der Waals surface area contributed by atoms with Crippen LogP contribution in [-0.2, 0) is 0 Å². The molecule has 132 valence electrons. The molecule has 2 heterocycles. The summed E-state index contributed by atoms with van der Waals surface area (Å²) in [5, 5.41) is 3.24. The highest BCUT2D eigenvalue weighted by Crippen LogP contribution is 2.24. The Hall–Kier alpha value is -2.15. The van der Waals surface area contributed by atoms with Crippen LogP contribution in [0.15, 0.2) is 41.1 Å². The number of aromatic nitrogens is 2. The summed E-state index contributed by atoms with van der Waals surface area (Å²) in [6.07, 6.45) is 6.50. The van der Waals surface area contributed by atoms with E-state index in [2.05, 4.69) is 31.2 Å². The monoisotopic (exact) mass is 404 g/mol. The second-order valence-electron chi connectivity index (χ2n) is 5.95. The maximum absolute atomic E-state index is 13.0. The molecule has 0 aliphatic carbocycles. The lowest BCUT2D eigenvalue weighted by molar-refractivity contribution is 0.0625. The predicted molar refractivity (Wildman–Crippen MR) is 99.9 cm³/mol. The van der Waals surface area contributed by atoms with Crippen molar-refractivity contribution in [3.05, 3.63) is 46.7 Å². The fourth-order valence-electron chi connectivity index (χ4n) is 3.07. The second-order valence-corrected chi connectivity index (χ2v) is 6.87. The van der Waals surface area contributed by atoms with Crippen molar-refractivity contribution in [3.8, 4) is 5.75 Å². The number of ether oxygens (including phenoxy) is 1. The number of likely N-dealkylation sites (tertiary alicyclic amines) is 1. The zero-order chi connectivity index (χ0) is 17.6. The van der Waals surface area contributed by atoms with Crippen LogP contribution in [0.25, 0.3) is 0 Å². The Morgan fingerprint density at radius 3 is 2.84 bits per heavy atom. The van der Waals surface area contributed by atoms with Gasteiger partial charge in [0.1, 0.15) is 5.75 Å². The number of halogens is 1. The molecule has 3 rings (SSSR count). The van der Waals surface area contributed by atoms with Gasteiger partial charge in [-0.2, -0.15) is 0 Å². The summed E-state index contributed by atoms with van der Waals surface area (Å²) >= 11 is 3.32. The SMILES string of the molecule is COc1ccccc1C(=O)N1CCCC[C@H]1CNc1ncc(Br)cn1. The quantitative estimate of drug-likeness (QED) is 0.827. The predicted octanol–water partition coefficient (Wildman–Crippen LogP) is 3.35. The van der Waals surface area contributed by atoms with Crippen molar-refractivity contribution >= 4 is 27.8 Å². The number of para-hydroxylation sites is 1. The molecule has 1 aliphatic heterocycles. The van der Waals surface area contributed by atoms with Gasteiger partial charge in [-0.1, -0.05) is 12.1 Å². The summed E-state index contributed by atoms with van der Waals surface area (Å²) in [6.45, 7) is 1.38. The molecule has 1 atom stereocenters. The van der Waals surface area contributed by atoms with E-state index in [4.69, 9.17) is 4.74 Å². The van der Waals surface area contributed by atoms with Crippen LogP contribution in [0.5, 0.6) is 5.75 Å². The number of piperidine rings is 1. The van der Waals surface area contributed by atoms with Crippen molar-refractivity contribution in [1.29, 1.82) is 0 Å². The highest BCUT2D eigenvalue weighted by atomic mass is 79.9. The third kappa shape index (κ3) is 4.28. The summed E-state index contributed by atoms with van der Waals surface area (Å²) < 4.78 is 6.18. The molecule has 25 heavy (non-hydrogen) atoms. The maximum Gasteiger partial charge on any atom is 0.257 e. The molecule has 6 nitrogen and oxygen atoms in total. The molecule has 1 amide bonds. The van der Waals surface area contributed by atoms with Crippen LogP contribution < -0.4 is 10.1 Å². The number of benzene rings is 1. The lowest BCUT2D eigenvalue weighted by Gasteiger charge is -2.36. The van der Waals surface area contributed by atoms with Crippen molar-refractivity contribution in [1.82, 2.24) is 14.9 Å². The lowest BCUT2D eigenvalue weighted by Crippen LogP contribution is -2.47. The number of hydrogen-bond donors (Lipinski definition) is 1. The molecule has 1 fully saturated rings. The number of anilines is 1. The molecule has 0 radical (unpaired) electrons. The molecule has 0 bridgehead atoms. The van der Waals surface area contributed by atoms with Gasteiger partial charge in [-0.3, -0.25) is 4.79 Å². The van der Waals surface area contributed by atoms with Crippen molar-refractivity contribution < 1.29 is 9.53 Å². The largest absolute Gasteiger partial charge is 0.496 e. The Bertz CT molecular complexity index is 723. The van der Waals surface area contributed by atoms with E-state index in [-0.39, 0.29) is 11.9 Å². The number of nitrogens with zero attached hydrogens (tertiary/aromatic N) is 3. The molecule has 1 aromatic carbocycles. The summed E-state index contributed by atoms with van der Waals surface area (Å²) in [5.41, 5.74) is 0.608. The minimum Gasteiger partial charge on any atom is -0.496 e. The first kappa shape index (κ1) is 17.7. The van der Waals surface area contributed by atoms with Crippen LogP contribution in [0.1, 0.15) is 29.6 Å². The molecular weight excluding hydrogens is 384 g/mol. The Kier molecular flexibility index (Phi) is 5.86. The topological polar surface area (TPSA) is 67.3 Å². The van der Waals surface area contributed by atoms with Crippen molar-refractivity contribution in [2.75, 3.05) is 25.5 Å². The number of hydrogen-bond acceptors (Lipinski definition) is 5. The first-order valence-corrected chi connectivity index (χ1v) is 9.13. The van der Waals surface area contributed by atoms with Gasteiger partial charge in [-0.15, -0.1) is 0 Å². The Labute approximate surface area is 155 Å². The standard InChI is InChI=1S/C18H21BrN4O2/c1-25-16-8-3-2-7-15(16)17(24)23-9-5-4-6-14(23)12-22-18-20-10-13(19)11-21-18/h2-3,7-8,10-11,14H,4-6,9,12H2,1H3,(H,20,21,22)/t14-/m0/s1. The highest BCUT2D eigenvalue weighted by Gasteiger charge is 2.28. The van der Waals surface area contributed by atoms with E-state index in [0.29, 0.717) is 23.8 Å². The van der Waals surface area contributed by atoms with Crippen LogP contribution in [0.4, 0.5) is 5.95 Å². The summed E-state index contributed by atoms with van der Waals surface area (Å²) in [5.74, 6) is 1.19. The van der Waals surface area contributed by atoms with Crippen LogP contribution in [0.2, 0.25) is 0 Å². The third-order valence-corrected chi connectivity index (χ3v) is 4.75. The number of carbonyl (C=O) groups is 1. The molecule has 7 heteroatoms. The van der Waals surface area contributed by atoms with Gasteiger partial charge in [-0.25, -0.2) is 9.97 Å². The van der Waals surface area contributed by atoms with E-state index in [1.807, 2.05) is 29.2 Å². The number of methoxy groups -OCH3 is 1. The lowest BCUT2D eigenvalue weighted by atomic mass is 10.0. The molecule has 0 saturated carbocycles. The van der Waals surface area contributed by atoms with Crippen molar-refractivity contribution in [3.63, 3.8) is 0 Å². The number of carbonyl (C=O) groups excluding carboxylic acids is 1. The van der Waals surface area contributed by atoms with E-state index in [0.717, 1.165) is 30.3 Å². The normalized spacial score (nSPS) is 17.2. The van der Waals surface area contributed by atoms with Gasteiger partial charge in [0.15, 0.2) is 0 Å². The Morgan fingerprint density at radius 1 is 1.32 bits per heavy atom. The Morgan fingerprint density at radius 2 is 2.08 bits per heavy atom. The summed E-state index contributed by atoms with van der Waals surface area (Å²) in [7, 11) is 1.59. The third-order valence-electron chi connectivity index (χ3n) is 4.34. The molecular formula is C18H21BrN4O2. The minimum atomic E-state index is 0.0145. The van der Waals surface area contributed by atoms with E-state index >= 15 is 0 Å². The van der Waals surface area contributed by atoms with E-state index < -0.39 is 0 Å². The molecule has 0 spiro atoms. The van der Waals surface area contributed by atoms with E-state index in [1.165, 1.54) is 0 Å². The molecule has 2 aromatic rings. The zero-order valence-electron chi connectivity index (χ0n) is 14.1. The van der Waals surface area contributed by atoms with Crippen LogP contribution >= 0.6 is 15.9 Å². The first-order chi connectivity index (χ1) is 12.2. The van der Waals surface area contributed by atoms with E-state index in [9.17, 15) is 4.79 Å². The first-order valence-electron chi connectivity index (χ1n) is 8.34.